The highest BCUT2D eigenvalue weighted by atomic mass is 79.9. The van der Waals surface area contributed by atoms with E-state index >= 15 is 0 Å². The molecule has 0 radical (unpaired) electrons. The van der Waals surface area contributed by atoms with Gasteiger partial charge in [-0.05, 0) is 32.0 Å². The second-order valence-corrected chi connectivity index (χ2v) is 5.93. The fourth-order valence-electron chi connectivity index (χ4n) is 2.43. The van der Waals surface area contributed by atoms with E-state index in [-0.39, 0.29) is 17.9 Å². The van der Waals surface area contributed by atoms with Crippen LogP contribution in [0, 0.1) is 5.82 Å². The van der Waals surface area contributed by atoms with E-state index in [0.29, 0.717) is 5.56 Å². The Labute approximate surface area is 133 Å². The first-order valence-corrected chi connectivity index (χ1v) is 7.66. The first kappa shape index (κ1) is 16.0. The minimum absolute atomic E-state index is 0.0548. The first-order valence-electron chi connectivity index (χ1n) is 6.87. The first-order chi connectivity index (χ1) is 10.0. The Hall–Kier alpha value is -1.39. The van der Waals surface area contributed by atoms with Crippen LogP contribution in [0.5, 0.6) is 5.75 Å². The van der Waals surface area contributed by atoms with E-state index in [1.165, 1.54) is 6.07 Å². The molecule has 1 unspecified atom stereocenters. The molecule has 1 N–H and O–H groups in total. The molecular weight excluding hydrogens is 333 g/mol. The number of para-hydroxylation sites is 1. The van der Waals surface area contributed by atoms with Crippen molar-refractivity contribution in [3.05, 3.63) is 63.9 Å². The minimum Gasteiger partial charge on any atom is -0.496 e. The molecule has 2 atom stereocenters. The maximum atomic E-state index is 14.0. The number of ether oxygens (including phenoxy) is 1. The molecule has 0 spiro atoms. The highest BCUT2D eigenvalue weighted by Gasteiger charge is 2.16. The van der Waals surface area contributed by atoms with Crippen LogP contribution in [-0.2, 0) is 0 Å². The zero-order chi connectivity index (χ0) is 15.4. The summed E-state index contributed by atoms with van der Waals surface area (Å²) in [5.41, 5.74) is 1.71. The van der Waals surface area contributed by atoms with Gasteiger partial charge in [-0.15, -0.1) is 0 Å². The van der Waals surface area contributed by atoms with E-state index < -0.39 is 0 Å². The minimum atomic E-state index is -0.211. The Morgan fingerprint density at radius 2 is 1.71 bits per heavy atom. The second kappa shape index (κ2) is 7.05. The van der Waals surface area contributed by atoms with Gasteiger partial charge in [-0.3, -0.25) is 0 Å². The Morgan fingerprint density at radius 1 is 1.05 bits per heavy atom. The predicted molar refractivity (Wildman–Crippen MR) is 87.1 cm³/mol. The van der Waals surface area contributed by atoms with Gasteiger partial charge in [0.05, 0.1) is 7.11 Å². The van der Waals surface area contributed by atoms with Crippen LogP contribution in [-0.4, -0.2) is 7.11 Å². The number of methoxy groups -OCH3 is 1. The summed E-state index contributed by atoms with van der Waals surface area (Å²) in [7, 11) is 1.66. The summed E-state index contributed by atoms with van der Waals surface area (Å²) in [5, 5.41) is 3.41. The van der Waals surface area contributed by atoms with Crippen molar-refractivity contribution in [2.45, 2.75) is 25.9 Å². The zero-order valence-corrected chi connectivity index (χ0v) is 13.9. The summed E-state index contributed by atoms with van der Waals surface area (Å²) >= 11 is 3.27. The van der Waals surface area contributed by atoms with Gasteiger partial charge in [-0.1, -0.05) is 40.2 Å². The van der Waals surface area contributed by atoms with Gasteiger partial charge in [0.2, 0.25) is 0 Å². The number of benzene rings is 2. The molecule has 2 rings (SSSR count). The topological polar surface area (TPSA) is 21.3 Å². The van der Waals surface area contributed by atoms with Gasteiger partial charge in [0.15, 0.2) is 0 Å². The molecule has 0 heterocycles. The van der Waals surface area contributed by atoms with Crippen LogP contribution in [0.25, 0.3) is 0 Å². The van der Waals surface area contributed by atoms with Crippen molar-refractivity contribution in [2.75, 3.05) is 7.11 Å². The third-order valence-corrected chi connectivity index (χ3v) is 4.03. The highest BCUT2D eigenvalue weighted by molar-refractivity contribution is 9.10. The standard InChI is InChI=1S/C17H19BrFNO/c1-11(14-9-8-13(18)10-16(14)19)20-12(2)15-6-4-5-7-17(15)21-3/h4-12,20H,1-3H3/t11?,12-/m1/s1. The molecule has 0 fully saturated rings. The lowest BCUT2D eigenvalue weighted by Gasteiger charge is -2.22. The van der Waals surface area contributed by atoms with Crippen molar-refractivity contribution in [1.82, 2.24) is 5.32 Å². The molecule has 2 aromatic carbocycles. The van der Waals surface area contributed by atoms with E-state index in [2.05, 4.69) is 21.2 Å². The molecular formula is C17H19BrFNO. The molecule has 2 nitrogen and oxygen atoms in total. The van der Waals surface area contributed by atoms with Crippen LogP contribution >= 0.6 is 15.9 Å². The number of hydrogen-bond acceptors (Lipinski definition) is 2. The van der Waals surface area contributed by atoms with E-state index in [1.54, 1.807) is 13.2 Å². The lowest BCUT2D eigenvalue weighted by Crippen LogP contribution is -2.23. The van der Waals surface area contributed by atoms with E-state index in [1.807, 2.05) is 44.2 Å². The Kier molecular flexibility index (Phi) is 5.37. The maximum absolute atomic E-state index is 14.0. The SMILES string of the molecule is COc1ccccc1[C@@H](C)NC(C)c1ccc(Br)cc1F. The molecule has 0 amide bonds. The van der Waals surface area contributed by atoms with Crippen LogP contribution in [0.1, 0.15) is 37.1 Å². The van der Waals surface area contributed by atoms with Crippen molar-refractivity contribution in [3.63, 3.8) is 0 Å². The molecule has 2 aromatic rings. The normalized spacial score (nSPS) is 13.8. The number of rotatable bonds is 5. The molecule has 21 heavy (non-hydrogen) atoms. The summed E-state index contributed by atoms with van der Waals surface area (Å²) in [6.45, 7) is 4.00. The molecule has 0 bridgehead atoms. The summed E-state index contributed by atoms with van der Waals surface area (Å²) in [4.78, 5) is 0. The van der Waals surface area contributed by atoms with E-state index in [9.17, 15) is 4.39 Å². The number of halogens is 2. The van der Waals surface area contributed by atoms with Gasteiger partial charge < -0.3 is 10.1 Å². The number of nitrogens with one attached hydrogen (secondary N) is 1. The lowest BCUT2D eigenvalue weighted by molar-refractivity contribution is 0.395. The molecule has 0 saturated heterocycles. The van der Waals surface area contributed by atoms with Crippen molar-refractivity contribution in [2.24, 2.45) is 0 Å². The van der Waals surface area contributed by atoms with Gasteiger partial charge in [0, 0.05) is 27.7 Å². The van der Waals surface area contributed by atoms with Crippen LogP contribution in [0.2, 0.25) is 0 Å². The third-order valence-electron chi connectivity index (χ3n) is 3.53. The maximum Gasteiger partial charge on any atom is 0.129 e. The smallest absolute Gasteiger partial charge is 0.129 e. The monoisotopic (exact) mass is 351 g/mol. The van der Waals surface area contributed by atoms with Gasteiger partial charge in [0.1, 0.15) is 11.6 Å². The Bertz CT molecular complexity index is 617. The molecule has 0 aliphatic carbocycles. The van der Waals surface area contributed by atoms with E-state index in [4.69, 9.17) is 4.74 Å². The highest BCUT2D eigenvalue weighted by Crippen LogP contribution is 2.28. The van der Waals surface area contributed by atoms with E-state index in [0.717, 1.165) is 15.8 Å². The van der Waals surface area contributed by atoms with Gasteiger partial charge >= 0.3 is 0 Å². The summed E-state index contributed by atoms with van der Waals surface area (Å²) < 4.78 is 20.1. The average molecular weight is 352 g/mol. The van der Waals surface area contributed by atoms with Crippen molar-refractivity contribution < 1.29 is 9.13 Å². The van der Waals surface area contributed by atoms with Crippen LogP contribution in [0.4, 0.5) is 4.39 Å². The van der Waals surface area contributed by atoms with Gasteiger partial charge in [0.25, 0.3) is 0 Å². The van der Waals surface area contributed by atoms with Crippen molar-refractivity contribution >= 4 is 15.9 Å². The Balaban J connectivity index is 2.16. The fraction of sp³-hybridized carbons (Fsp3) is 0.294. The second-order valence-electron chi connectivity index (χ2n) is 5.02. The molecule has 0 aliphatic heterocycles. The zero-order valence-electron chi connectivity index (χ0n) is 12.4. The van der Waals surface area contributed by atoms with Crippen molar-refractivity contribution in [1.29, 1.82) is 0 Å². The van der Waals surface area contributed by atoms with Gasteiger partial charge in [-0.25, -0.2) is 4.39 Å². The summed E-state index contributed by atoms with van der Waals surface area (Å²) in [6, 6.07) is 12.9. The summed E-state index contributed by atoms with van der Waals surface area (Å²) in [6.07, 6.45) is 0. The molecule has 0 aromatic heterocycles. The fourth-order valence-corrected chi connectivity index (χ4v) is 2.76. The van der Waals surface area contributed by atoms with Crippen LogP contribution in [0.3, 0.4) is 0 Å². The molecule has 0 aliphatic rings. The summed E-state index contributed by atoms with van der Waals surface area (Å²) in [5.74, 6) is 0.623. The molecule has 112 valence electrons. The van der Waals surface area contributed by atoms with Crippen molar-refractivity contribution in [3.8, 4) is 5.75 Å². The molecule has 4 heteroatoms. The van der Waals surface area contributed by atoms with Crippen LogP contribution in [0.15, 0.2) is 46.9 Å². The predicted octanol–water partition coefficient (Wildman–Crippen LogP) is 5.01. The number of hydrogen-bond donors (Lipinski definition) is 1. The lowest BCUT2D eigenvalue weighted by atomic mass is 10.0. The third kappa shape index (κ3) is 3.83. The quantitative estimate of drug-likeness (QED) is 0.817. The van der Waals surface area contributed by atoms with Gasteiger partial charge in [-0.2, -0.15) is 0 Å². The molecule has 0 saturated carbocycles. The Morgan fingerprint density at radius 3 is 2.38 bits per heavy atom. The van der Waals surface area contributed by atoms with Crippen LogP contribution < -0.4 is 10.1 Å². The average Bonchev–Trinajstić information content (AvgIpc) is 2.46. The largest absolute Gasteiger partial charge is 0.496 e.